The number of hydrogen-bond donors (Lipinski definition) is 1. The normalized spacial score (nSPS) is 11.4. The van der Waals surface area contributed by atoms with Crippen molar-refractivity contribution in [2.75, 3.05) is 20.0 Å². The Hall–Kier alpha value is -2.56. The number of carbonyl (C=O) groups excluding carboxylic acids is 2. The minimum absolute atomic E-state index is 0.301. The summed E-state index contributed by atoms with van der Waals surface area (Å²) in [5, 5.41) is 0. The molecule has 0 fully saturated rings. The predicted octanol–water partition coefficient (Wildman–Crippen LogP) is 1.55. The zero-order valence-corrected chi connectivity index (χ0v) is 10.8. The molecular formula is C14H15NO4. The van der Waals surface area contributed by atoms with E-state index in [-0.39, 0.29) is 0 Å². The van der Waals surface area contributed by atoms with Crippen molar-refractivity contribution >= 4 is 23.2 Å². The summed E-state index contributed by atoms with van der Waals surface area (Å²) >= 11 is 0. The Kier molecular flexibility index (Phi) is 5.35. The van der Waals surface area contributed by atoms with Gasteiger partial charge in [0.15, 0.2) is 0 Å². The molecule has 1 aromatic carbocycles. The fourth-order valence-electron chi connectivity index (χ4n) is 1.39. The van der Waals surface area contributed by atoms with Gasteiger partial charge < -0.3 is 15.2 Å². The maximum absolute atomic E-state index is 11.7. The van der Waals surface area contributed by atoms with Crippen molar-refractivity contribution in [2.24, 2.45) is 0 Å². The fraction of sp³-hybridized carbons (Fsp3) is 0.143. The zero-order chi connectivity index (χ0) is 14.3. The van der Waals surface area contributed by atoms with E-state index in [9.17, 15) is 9.59 Å². The van der Waals surface area contributed by atoms with Gasteiger partial charge in [-0.15, -0.1) is 0 Å². The largest absolute Gasteiger partial charge is 0.466 e. The van der Waals surface area contributed by atoms with Gasteiger partial charge in [-0.25, -0.2) is 9.59 Å². The average molecular weight is 261 g/mol. The molecule has 0 aromatic heterocycles. The Labute approximate surface area is 111 Å². The number of esters is 2. The molecule has 0 spiro atoms. The number of benzene rings is 1. The van der Waals surface area contributed by atoms with Crippen molar-refractivity contribution in [1.82, 2.24) is 0 Å². The highest BCUT2D eigenvalue weighted by molar-refractivity contribution is 6.17. The molecule has 5 heteroatoms. The van der Waals surface area contributed by atoms with Crippen LogP contribution >= 0.6 is 0 Å². The maximum atomic E-state index is 11.7. The summed E-state index contributed by atoms with van der Waals surface area (Å²) in [4.78, 5) is 22.6. The third kappa shape index (κ3) is 4.31. The van der Waals surface area contributed by atoms with E-state index >= 15 is 0 Å². The lowest BCUT2D eigenvalue weighted by molar-refractivity contribution is -0.135. The first-order valence-electron chi connectivity index (χ1n) is 5.49. The highest BCUT2D eigenvalue weighted by Gasteiger charge is 2.11. The van der Waals surface area contributed by atoms with E-state index in [1.807, 2.05) is 0 Å². The monoisotopic (exact) mass is 261 g/mol. The quantitative estimate of drug-likeness (QED) is 0.385. The molecule has 100 valence electrons. The summed E-state index contributed by atoms with van der Waals surface area (Å²) in [7, 11) is 2.56. The summed E-state index contributed by atoms with van der Waals surface area (Å²) in [6.45, 7) is 0. The number of anilines is 1. The van der Waals surface area contributed by atoms with Crippen molar-refractivity contribution in [2.45, 2.75) is 0 Å². The first-order valence-corrected chi connectivity index (χ1v) is 5.49. The van der Waals surface area contributed by atoms with Crippen molar-refractivity contribution in [1.29, 1.82) is 0 Å². The Balaban J connectivity index is 3.09. The van der Waals surface area contributed by atoms with Crippen LogP contribution in [0.1, 0.15) is 5.56 Å². The van der Waals surface area contributed by atoms with Crippen LogP contribution in [0.15, 0.2) is 42.5 Å². The van der Waals surface area contributed by atoms with Crippen molar-refractivity contribution in [3.8, 4) is 0 Å². The van der Waals surface area contributed by atoms with E-state index in [1.165, 1.54) is 32.4 Å². The molecule has 0 radical (unpaired) electrons. The van der Waals surface area contributed by atoms with Gasteiger partial charge in [-0.05, 0) is 23.8 Å². The third-order valence-electron chi connectivity index (χ3n) is 2.30. The summed E-state index contributed by atoms with van der Waals surface area (Å²) in [5.74, 6) is -1.02. The lowest BCUT2D eigenvalue weighted by Crippen LogP contribution is -2.04. The third-order valence-corrected chi connectivity index (χ3v) is 2.30. The zero-order valence-electron chi connectivity index (χ0n) is 10.8. The number of nitrogen functional groups attached to an aromatic ring is 1. The topological polar surface area (TPSA) is 78.6 Å². The molecule has 0 saturated carbocycles. The van der Waals surface area contributed by atoms with Crippen molar-refractivity contribution in [3.05, 3.63) is 48.1 Å². The van der Waals surface area contributed by atoms with Crippen LogP contribution in [-0.4, -0.2) is 26.2 Å². The van der Waals surface area contributed by atoms with Gasteiger partial charge in [-0.1, -0.05) is 18.2 Å². The van der Waals surface area contributed by atoms with Crippen LogP contribution in [0, 0.1) is 0 Å². The number of methoxy groups -OCH3 is 2. The average Bonchev–Trinajstić information content (AvgIpc) is 2.42. The molecule has 0 aliphatic carbocycles. The first-order chi connectivity index (χ1) is 9.08. The van der Waals surface area contributed by atoms with Gasteiger partial charge in [0.25, 0.3) is 0 Å². The summed E-state index contributed by atoms with van der Waals surface area (Å²) in [5.41, 5.74) is 7.11. The Morgan fingerprint density at radius 3 is 2.53 bits per heavy atom. The van der Waals surface area contributed by atoms with Crippen molar-refractivity contribution in [3.63, 3.8) is 0 Å². The molecule has 19 heavy (non-hydrogen) atoms. The van der Waals surface area contributed by atoms with E-state index < -0.39 is 11.9 Å². The number of ether oxygens (including phenoxy) is 2. The van der Waals surface area contributed by atoms with E-state index in [1.54, 1.807) is 24.3 Å². The molecule has 0 saturated heterocycles. The van der Waals surface area contributed by atoms with Gasteiger partial charge in [-0.3, -0.25) is 0 Å². The first kappa shape index (κ1) is 14.5. The van der Waals surface area contributed by atoms with Crippen molar-refractivity contribution < 1.29 is 19.1 Å². The Morgan fingerprint density at radius 2 is 1.95 bits per heavy atom. The van der Waals surface area contributed by atoms with Gasteiger partial charge in [0.1, 0.15) is 0 Å². The molecule has 0 bridgehead atoms. The molecule has 0 aliphatic rings. The molecule has 0 amide bonds. The predicted molar refractivity (Wildman–Crippen MR) is 72.0 cm³/mol. The van der Waals surface area contributed by atoms with E-state index in [0.29, 0.717) is 16.8 Å². The smallest absolute Gasteiger partial charge is 0.338 e. The van der Waals surface area contributed by atoms with Crippen LogP contribution in [0.3, 0.4) is 0 Å². The van der Waals surface area contributed by atoms with Crippen LogP contribution in [0.25, 0.3) is 5.57 Å². The molecule has 0 unspecified atom stereocenters. The standard InChI is InChI=1S/C14H15NO4/c1-18-13(16)8-4-7-12(14(17)19-2)10-5-3-6-11(15)9-10/h3-9H,15H2,1-2H3/b8-4-,12-7+. The van der Waals surface area contributed by atoms with Gasteiger partial charge in [0, 0.05) is 11.8 Å². The molecule has 1 aromatic rings. The number of nitrogens with two attached hydrogens (primary N) is 1. The summed E-state index contributed by atoms with van der Waals surface area (Å²) in [6, 6.07) is 6.81. The van der Waals surface area contributed by atoms with Crippen LogP contribution in [0.4, 0.5) is 5.69 Å². The SMILES string of the molecule is COC(=O)/C=C\C=C(\C(=O)OC)c1cccc(N)c1. The second-order valence-corrected chi connectivity index (χ2v) is 3.58. The van der Waals surface area contributed by atoms with Crippen LogP contribution < -0.4 is 5.73 Å². The molecular weight excluding hydrogens is 246 g/mol. The van der Waals surface area contributed by atoms with E-state index in [0.717, 1.165) is 0 Å². The molecule has 0 aliphatic heterocycles. The molecule has 1 rings (SSSR count). The maximum Gasteiger partial charge on any atom is 0.338 e. The second kappa shape index (κ2) is 7.00. The van der Waals surface area contributed by atoms with Crippen LogP contribution in [0.2, 0.25) is 0 Å². The Bertz CT molecular complexity index is 532. The molecule has 0 atom stereocenters. The molecule has 2 N–H and O–H groups in total. The fourth-order valence-corrected chi connectivity index (χ4v) is 1.39. The number of rotatable bonds is 4. The number of allylic oxidation sites excluding steroid dienone is 2. The van der Waals surface area contributed by atoms with E-state index in [2.05, 4.69) is 4.74 Å². The van der Waals surface area contributed by atoms with Gasteiger partial charge in [0.05, 0.1) is 19.8 Å². The molecule has 5 nitrogen and oxygen atoms in total. The van der Waals surface area contributed by atoms with E-state index in [4.69, 9.17) is 10.5 Å². The minimum Gasteiger partial charge on any atom is -0.466 e. The van der Waals surface area contributed by atoms with Gasteiger partial charge in [0.2, 0.25) is 0 Å². The lowest BCUT2D eigenvalue weighted by Gasteiger charge is -2.05. The van der Waals surface area contributed by atoms with Crippen LogP contribution in [0.5, 0.6) is 0 Å². The summed E-state index contributed by atoms with van der Waals surface area (Å²) in [6.07, 6.45) is 4.09. The highest BCUT2D eigenvalue weighted by Crippen LogP contribution is 2.18. The lowest BCUT2D eigenvalue weighted by atomic mass is 10.0. The number of hydrogen-bond acceptors (Lipinski definition) is 5. The Morgan fingerprint density at radius 1 is 1.21 bits per heavy atom. The minimum atomic E-state index is -0.514. The molecule has 0 heterocycles. The second-order valence-electron chi connectivity index (χ2n) is 3.58. The number of carbonyl (C=O) groups is 2. The van der Waals surface area contributed by atoms with Gasteiger partial charge in [-0.2, -0.15) is 0 Å². The highest BCUT2D eigenvalue weighted by atomic mass is 16.5. The van der Waals surface area contributed by atoms with Crippen LogP contribution in [-0.2, 0) is 19.1 Å². The van der Waals surface area contributed by atoms with Gasteiger partial charge >= 0.3 is 11.9 Å². The summed E-state index contributed by atoms with van der Waals surface area (Å²) < 4.78 is 9.14.